The van der Waals surface area contributed by atoms with Gasteiger partial charge in [-0.2, -0.15) is 36.4 Å². The standard InChI is InChI=1S/C42H26.Y/c1-3-15-29(16-4-1)33-20-9-10-22-35(33)32-27-31-19-7-8-21-34(31)40(28-32)42-38-25-13-11-23-36(38)41(30-17-5-2-6-18-30)37-24-12-14-26-39(37)42;/h1-15,17-19,21-28H;/q-2;. The first-order chi connectivity index (χ1) is 20.9. The third-order valence-corrected chi connectivity index (χ3v) is 8.27. The maximum atomic E-state index is 3.51. The van der Waals surface area contributed by atoms with Gasteiger partial charge < -0.3 is 0 Å². The van der Waals surface area contributed by atoms with Gasteiger partial charge in [0.1, 0.15) is 0 Å². The van der Waals surface area contributed by atoms with E-state index in [1.54, 1.807) is 0 Å². The molecule has 0 aromatic heterocycles. The van der Waals surface area contributed by atoms with Gasteiger partial charge in [-0.15, -0.1) is 23.8 Å². The molecule has 0 atom stereocenters. The minimum atomic E-state index is 0. The fourth-order valence-electron chi connectivity index (χ4n) is 6.46. The fraction of sp³-hybridized carbons (Fsp3) is 0. The van der Waals surface area contributed by atoms with Crippen LogP contribution in [0.3, 0.4) is 0 Å². The molecule has 0 aliphatic heterocycles. The molecule has 1 heteroatoms. The molecule has 0 saturated carbocycles. The number of benzene rings is 8. The number of hydrogen-bond donors (Lipinski definition) is 0. The molecule has 0 bridgehead atoms. The molecule has 0 heterocycles. The molecule has 0 saturated heterocycles. The minimum absolute atomic E-state index is 0. The predicted molar refractivity (Wildman–Crippen MR) is 178 cm³/mol. The van der Waals surface area contributed by atoms with Crippen molar-refractivity contribution in [2.24, 2.45) is 0 Å². The summed E-state index contributed by atoms with van der Waals surface area (Å²) in [5.74, 6) is 0. The Kier molecular flexibility index (Phi) is 7.50. The van der Waals surface area contributed by atoms with E-state index in [1.165, 1.54) is 60.1 Å². The maximum absolute atomic E-state index is 3.51. The van der Waals surface area contributed by atoms with Gasteiger partial charge in [0.15, 0.2) is 0 Å². The van der Waals surface area contributed by atoms with Crippen molar-refractivity contribution in [2.45, 2.75) is 0 Å². The van der Waals surface area contributed by atoms with E-state index in [0.29, 0.717) is 0 Å². The third kappa shape index (κ3) is 4.82. The third-order valence-electron chi connectivity index (χ3n) is 8.27. The van der Waals surface area contributed by atoms with Gasteiger partial charge in [0.2, 0.25) is 0 Å². The van der Waals surface area contributed by atoms with Gasteiger partial charge in [0, 0.05) is 32.7 Å². The summed E-state index contributed by atoms with van der Waals surface area (Å²) in [6, 6.07) is 63.4. The normalized spacial score (nSPS) is 11.1. The SMILES string of the molecule is [Y].[c-]1ccccc1-c1[c-]cccc1-c1cc(-c2c3ccccc3c(-c3ccccc3)c3ccccc23)c2ccccc2c1. The largest absolute Gasteiger partial charge is 0.226 e. The van der Waals surface area contributed by atoms with Crippen molar-refractivity contribution in [1.29, 1.82) is 0 Å². The first kappa shape index (κ1) is 27.5. The Labute approximate surface area is 277 Å². The van der Waals surface area contributed by atoms with Gasteiger partial charge in [-0.1, -0.05) is 121 Å². The second-order valence-electron chi connectivity index (χ2n) is 10.7. The molecule has 0 nitrogen and oxygen atoms in total. The monoisotopic (exact) mass is 619 g/mol. The van der Waals surface area contributed by atoms with Crippen LogP contribution in [0.15, 0.2) is 158 Å². The minimum Gasteiger partial charge on any atom is -0.226 e. The van der Waals surface area contributed by atoms with Crippen molar-refractivity contribution in [3.63, 3.8) is 0 Å². The number of fused-ring (bicyclic) bond motifs is 3. The molecule has 1 radical (unpaired) electrons. The van der Waals surface area contributed by atoms with Crippen LogP contribution < -0.4 is 0 Å². The van der Waals surface area contributed by atoms with E-state index < -0.39 is 0 Å². The molecule has 199 valence electrons. The fourth-order valence-corrected chi connectivity index (χ4v) is 6.46. The van der Waals surface area contributed by atoms with Gasteiger partial charge in [-0.05, 0) is 54.6 Å². The quantitative estimate of drug-likeness (QED) is 0.136. The Morgan fingerprint density at radius 2 is 0.953 bits per heavy atom. The molecule has 0 aliphatic carbocycles. The summed E-state index contributed by atoms with van der Waals surface area (Å²) in [5, 5.41) is 7.51. The summed E-state index contributed by atoms with van der Waals surface area (Å²) >= 11 is 0. The summed E-state index contributed by atoms with van der Waals surface area (Å²) < 4.78 is 0. The van der Waals surface area contributed by atoms with Crippen LogP contribution in [0.5, 0.6) is 0 Å². The van der Waals surface area contributed by atoms with Crippen LogP contribution in [0.2, 0.25) is 0 Å². The van der Waals surface area contributed by atoms with Crippen molar-refractivity contribution in [2.75, 3.05) is 0 Å². The van der Waals surface area contributed by atoms with E-state index in [2.05, 4.69) is 152 Å². The summed E-state index contributed by atoms with van der Waals surface area (Å²) in [7, 11) is 0. The van der Waals surface area contributed by atoms with Gasteiger partial charge in [-0.25, -0.2) is 11.1 Å². The molecule has 8 aromatic carbocycles. The molecule has 8 rings (SSSR count). The summed E-state index contributed by atoms with van der Waals surface area (Å²) in [4.78, 5) is 0. The maximum Gasteiger partial charge on any atom is 0 e. The summed E-state index contributed by atoms with van der Waals surface area (Å²) in [6.07, 6.45) is 0. The van der Waals surface area contributed by atoms with Gasteiger partial charge in [0.05, 0.1) is 0 Å². The molecule has 8 aromatic rings. The van der Waals surface area contributed by atoms with Crippen LogP contribution in [0.4, 0.5) is 0 Å². The van der Waals surface area contributed by atoms with Crippen LogP contribution in [0.1, 0.15) is 0 Å². The van der Waals surface area contributed by atoms with E-state index in [1.807, 2.05) is 18.2 Å². The van der Waals surface area contributed by atoms with Gasteiger partial charge >= 0.3 is 0 Å². The Bertz CT molecular complexity index is 2170. The van der Waals surface area contributed by atoms with E-state index in [9.17, 15) is 0 Å². The smallest absolute Gasteiger partial charge is 0 e. The van der Waals surface area contributed by atoms with Crippen LogP contribution in [-0.2, 0) is 32.7 Å². The van der Waals surface area contributed by atoms with E-state index in [4.69, 9.17) is 0 Å². The average molecular weight is 620 g/mol. The van der Waals surface area contributed by atoms with Crippen molar-refractivity contribution in [1.82, 2.24) is 0 Å². The van der Waals surface area contributed by atoms with E-state index in [0.717, 1.165) is 16.7 Å². The Balaban J connectivity index is 0.00000300. The summed E-state index contributed by atoms with van der Waals surface area (Å²) in [6.45, 7) is 0. The molecule has 0 unspecified atom stereocenters. The molecule has 0 spiro atoms. The van der Waals surface area contributed by atoms with Crippen molar-refractivity contribution in [3.8, 4) is 44.5 Å². The zero-order valence-electron chi connectivity index (χ0n) is 23.6. The van der Waals surface area contributed by atoms with Crippen LogP contribution in [0.25, 0.3) is 76.8 Å². The summed E-state index contributed by atoms with van der Waals surface area (Å²) in [5.41, 5.74) is 9.46. The predicted octanol–water partition coefficient (Wildman–Crippen LogP) is 11.4. The van der Waals surface area contributed by atoms with Crippen molar-refractivity contribution >= 4 is 32.3 Å². The van der Waals surface area contributed by atoms with Crippen molar-refractivity contribution in [3.05, 3.63) is 170 Å². The Morgan fingerprint density at radius 1 is 0.372 bits per heavy atom. The van der Waals surface area contributed by atoms with E-state index >= 15 is 0 Å². The molecule has 0 amide bonds. The van der Waals surface area contributed by atoms with Crippen LogP contribution in [-0.4, -0.2) is 0 Å². The molecule has 0 aliphatic rings. The molecule has 43 heavy (non-hydrogen) atoms. The number of hydrogen-bond acceptors (Lipinski definition) is 0. The van der Waals surface area contributed by atoms with Crippen LogP contribution >= 0.6 is 0 Å². The zero-order valence-corrected chi connectivity index (χ0v) is 26.4. The molecule has 0 fully saturated rings. The molecular weight excluding hydrogens is 593 g/mol. The first-order valence-electron chi connectivity index (χ1n) is 14.4. The average Bonchev–Trinajstić information content (AvgIpc) is 3.07. The topological polar surface area (TPSA) is 0 Å². The second kappa shape index (κ2) is 11.7. The Hall–Kier alpha value is -4.36. The van der Waals surface area contributed by atoms with Gasteiger partial charge in [-0.3, -0.25) is 0 Å². The molecule has 0 N–H and O–H groups in total. The number of rotatable bonds is 4. The van der Waals surface area contributed by atoms with Crippen molar-refractivity contribution < 1.29 is 32.7 Å². The Morgan fingerprint density at radius 3 is 1.63 bits per heavy atom. The second-order valence-corrected chi connectivity index (χ2v) is 10.7. The first-order valence-corrected chi connectivity index (χ1v) is 14.4. The molecular formula is C42H26Y-2. The zero-order chi connectivity index (χ0) is 27.9. The van der Waals surface area contributed by atoms with E-state index in [-0.39, 0.29) is 32.7 Å². The van der Waals surface area contributed by atoms with Crippen LogP contribution in [0, 0.1) is 12.1 Å². The van der Waals surface area contributed by atoms with Gasteiger partial charge in [0.25, 0.3) is 0 Å².